The van der Waals surface area contributed by atoms with Crippen LogP contribution in [0, 0.1) is 0 Å². The predicted octanol–water partition coefficient (Wildman–Crippen LogP) is 21.0. The average Bonchev–Trinajstić information content (AvgIpc) is 3.41. The maximum atomic E-state index is 12.8. The summed E-state index contributed by atoms with van der Waals surface area (Å²) in [6.45, 7) is 6.42. The van der Waals surface area contributed by atoms with E-state index in [4.69, 9.17) is 14.2 Å². The van der Waals surface area contributed by atoms with Crippen LogP contribution in [0.5, 0.6) is 0 Å². The van der Waals surface area contributed by atoms with Crippen LogP contribution in [-0.4, -0.2) is 37.2 Å². The van der Waals surface area contributed by atoms with Crippen molar-refractivity contribution in [2.75, 3.05) is 13.2 Å². The summed E-state index contributed by atoms with van der Waals surface area (Å²) in [6, 6.07) is 0. The molecule has 6 nitrogen and oxygen atoms in total. The molecule has 75 heavy (non-hydrogen) atoms. The Labute approximate surface area is 462 Å². The van der Waals surface area contributed by atoms with Gasteiger partial charge in [-0.25, -0.2) is 0 Å². The Hall–Kier alpha value is -4.45. The van der Waals surface area contributed by atoms with Crippen molar-refractivity contribution in [2.45, 2.75) is 271 Å². The van der Waals surface area contributed by atoms with Gasteiger partial charge in [-0.3, -0.25) is 14.4 Å². The highest BCUT2D eigenvalue weighted by molar-refractivity contribution is 5.71. The summed E-state index contributed by atoms with van der Waals surface area (Å²) < 4.78 is 16.8. The molecular formula is C69H112O6. The first-order valence-electron chi connectivity index (χ1n) is 30.7. The highest BCUT2D eigenvalue weighted by Gasteiger charge is 2.19. The Balaban J connectivity index is 4.26. The monoisotopic (exact) mass is 1040 g/mol. The predicted molar refractivity (Wildman–Crippen MR) is 325 cm³/mol. The average molecular weight is 1040 g/mol. The van der Waals surface area contributed by atoms with Gasteiger partial charge in [0.1, 0.15) is 13.2 Å². The van der Waals surface area contributed by atoms with Crippen LogP contribution in [0.1, 0.15) is 265 Å². The van der Waals surface area contributed by atoms with Crippen LogP contribution >= 0.6 is 0 Å². The molecule has 0 saturated heterocycles. The summed E-state index contributed by atoms with van der Waals surface area (Å²) in [4.78, 5) is 38.0. The minimum absolute atomic E-state index is 0.0928. The van der Waals surface area contributed by atoms with Crippen LogP contribution in [0.25, 0.3) is 0 Å². The van der Waals surface area contributed by atoms with E-state index in [2.05, 4.69) is 154 Å². The van der Waals surface area contributed by atoms with E-state index in [9.17, 15) is 14.4 Å². The zero-order chi connectivity index (χ0) is 54.3. The van der Waals surface area contributed by atoms with Crippen LogP contribution in [-0.2, 0) is 28.6 Å². The van der Waals surface area contributed by atoms with Gasteiger partial charge in [-0.05, 0) is 122 Å². The van der Waals surface area contributed by atoms with Crippen molar-refractivity contribution < 1.29 is 28.6 Å². The zero-order valence-electron chi connectivity index (χ0n) is 48.5. The van der Waals surface area contributed by atoms with Crippen molar-refractivity contribution in [3.05, 3.63) is 134 Å². The second kappa shape index (κ2) is 62.1. The Bertz CT molecular complexity index is 1620. The van der Waals surface area contributed by atoms with Crippen LogP contribution in [0.4, 0.5) is 0 Å². The number of carbonyl (C=O) groups excluding carboxylic acids is 3. The number of esters is 3. The molecule has 0 aromatic heterocycles. The lowest BCUT2D eigenvalue weighted by atomic mass is 10.1. The molecule has 0 fully saturated rings. The SMILES string of the molecule is CC/C=C\C/C=C\C/C=C\C/C=C\C/C=C\C/C=C\C/C=C\C/C=C\C/C=C\CCCCCC(=O)OCC(COC(=O)CCCCCCCCC)OC(=O)CCCCCCCCCCC/C=C\C/C=C\CCCCC. The second-order valence-electron chi connectivity index (χ2n) is 19.9. The fourth-order valence-corrected chi connectivity index (χ4v) is 8.05. The largest absolute Gasteiger partial charge is 0.462 e. The molecule has 0 heterocycles. The first-order valence-corrected chi connectivity index (χ1v) is 30.7. The molecule has 0 amide bonds. The third-order valence-corrected chi connectivity index (χ3v) is 12.6. The summed E-state index contributed by atoms with van der Waals surface area (Å²) in [5.41, 5.74) is 0. The molecule has 0 N–H and O–H groups in total. The summed E-state index contributed by atoms with van der Waals surface area (Å²) in [6.07, 6.45) is 87.6. The fraction of sp³-hybridized carbons (Fsp3) is 0.638. The number of unbranched alkanes of at least 4 members (excludes halogenated alkanes) is 21. The molecule has 0 aliphatic rings. The molecular weight excluding hydrogens is 925 g/mol. The number of allylic oxidation sites excluding steroid dienone is 22. The minimum Gasteiger partial charge on any atom is -0.462 e. The van der Waals surface area contributed by atoms with Crippen molar-refractivity contribution in [3.63, 3.8) is 0 Å². The lowest BCUT2D eigenvalue weighted by Gasteiger charge is -2.18. The first kappa shape index (κ1) is 70.5. The molecule has 0 aromatic rings. The third kappa shape index (κ3) is 60.3. The van der Waals surface area contributed by atoms with Gasteiger partial charge in [-0.1, -0.05) is 257 Å². The van der Waals surface area contributed by atoms with Crippen LogP contribution < -0.4 is 0 Å². The van der Waals surface area contributed by atoms with Gasteiger partial charge in [-0.15, -0.1) is 0 Å². The minimum atomic E-state index is -0.796. The third-order valence-electron chi connectivity index (χ3n) is 12.6. The highest BCUT2D eigenvalue weighted by Crippen LogP contribution is 2.14. The van der Waals surface area contributed by atoms with E-state index in [0.29, 0.717) is 19.3 Å². The molecule has 6 heteroatoms. The van der Waals surface area contributed by atoms with Gasteiger partial charge < -0.3 is 14.2 Å². The molecule has 0 aliphatic heterocycles. The van der Waals surface area contributed by atoms with Crippen molar-refractivity contribution in [1.82, 2.24) is 0 Å². The van der Waals surface area contributed by atoms with Crippen molar-refractivity contribution in [1.29, 1.82) is 0 Å². The van der Waals surface area contributed by atoms with Gasteiger partial charge in [0.2, 0.25) is 0 Å². The van der Waals surface area contributed by atoms with E-state index in [-0.39, 0.29) is 31.1 Å². The lowest BCUT2D eigenvalue weighted by Crippen LogP contribution is -2.30. The molecule has 1 atom stereocenters. The highest BCUT2D eigenvalue weighted by atomic mass is 16.6. The van der Waals surface area contributed by atoms with E-state index in [1.54, 1.807) is 0 Å². The summed E-state index contributed by atoms with van der Waals surface area (Å²) in [5, 5.41) is 0. The van der Waals surface area contributed by atoms with Crippen molar-refractivity contribution in [2.24, 2.45) is 0 Å². The van der Waals surface area contributed by atoms with Crippen LogP contribution in [0.15, 0.2) is 134 Å². The standard InChI is InChI=1S/C69H112O6/c1-4-7-10-13-16-18-20-22-24-26-28-29-30-31-32-33-34-35-36-37-38-39-41-42-44-46-48-50-53-56-59-62-68(71)74-65-66(64-73-67(70)61-58-55-52-15-12-9-6-3)75-69(72)63-60-57-54-51-49-47-45-43-40-27-25-23-21-19-17-14-11-8-5-2/h7,10,16-19,22-25,28-29,31-32,34-35,37-38,41-42,46,48,66H,4-6,8-9,11-15,20-21,26-27,30,33,36,39-40,43-45,47,49-65H2,1-3H3/b10-7-,18-16-,19-17-,24-22-,25-23-,29-28-,32-31-,35-34-,38-37-,42-41-,48-46-. The Morgan fingerprint density at radius 1 is 0.280 bits per heavy atom. The molecule has 0 saturated carbocycles. The number of hydrogen-bond acceptors (Lipinski definition) is 6. The van der Waals surface area contributed by atoms with E-state index >= 15 is 0 Å². The van der Waals surface area contributed by atoms with Gasteiger partial charge in [0, 0.05) is 19.3 Å². The quantitative estimate of drug-likeness (QED) is 0.0261. The molecule has 0 spiro atoms. The smallest absolute Gasteiger partial charge is 0.306 e. The molecule has 0 radical (unpaired) electrons. The normalized spacial score (nSPS) is 13.1. The van der Waals surface area contributed by atoms with E-state index in [0.717, 1.165) is 128 Å². The van der Waals surface area contributed by atoms with E-state index in [1.807, 2.05) is 0 Å². The number of hydrogen-bond donors (Lipinski definition) is 0. The Morgan fingerprint density at radius 2 is 0.520 bits per heavy atom. The molecule has 1 unspecified atom stereocenters. The summed E-state index contributed by atoms with van der Waals surface area (Å²) >= 11 is 0. The molecule has 0 bridgehead atoms. The maximum absolute atomic E-state index is 12.8. The topological polar surface area (TPSA) is 78.9 Å². The van der Waals surface area contributed by atoms with Crippen LogP contribution in [0.3, 0.4) is 0 Å². The lowest BCUT2D eigenvalue weighted by molar-refractivity contribution is -0.167. The summed E-state index contributed by atoms with van der Waals surface area (Å²) in [7, 11) is 0. The van der Waals surface area contributed by atoms with Crippen molar-refractivity contribution in [3.8, 4) is 0 Å². The van der Waals surface area contributed by atoms with Gasteiger partial charge >= 0.3 is 17.9 Å². The Morgan fingerprint density at radius 3 is 0.853 bits per heavy atom. The van der Waals surface area contributed by atoms with Gasteiger partial charge in [0.05, 0.1) is 0 Å². The van der Waals surface area contributed by atoms with E-state index in [1.165, 1.54) is 96.3 Å². The van der Waals surface area contributed by atoms with Gasteiger partial charge in [-0.2, -0.15) is 0 Å². The molecule has 424 valence electrons. The van der Waals surface area contributed by atoms with Crippen LogP contribution in [0.2, 0.25) is 0 Å². The number of carbonyl (C=O) groups is 3. The van der Waals surface area contributed by atoms with E-state index < -0.39 is 6.10 Å². The van der Waals surface area contributed by atoms with Crippen molar-refractivity contribution >= 4 is 17.9 Å². The Kier molecular flexibility index (Phi) is 58.4. The summed E-state index contributed by atoms with van der Waals surface area (Å²) in [5.74, 6) is -0.940. The molecule has 0 rings (SSSR count). The number of rotatable bonds is 54. The van der Waals surface area contributed by atoms with Gasteiger partial charge in [0.25, 0.3) is 0 Å². The maximum Gasteiger partial charge on any atom is 0.306 e. The molecule has 0 aliphatic carbocycles. The fourth-order valence-electron chi connectivity index (χ4n) is 8.05. The first-order chi connectivity index (χ1) is 37.0. The molecule has 0 aromatic carbocycles. The second-order valence-corrected chi connectivity index (χ2v) is 19.9. The van der Waals surface area contributed by atoms with Gasteiger partial charge in [0.15, 0.2) is 6.10 Å². The number of ether oxygens (including phenoxy) is 3. The zero-order valence-corrected chi connectivity index (χ0v) is 48.5.